The zero-order valence-corrected chi connectivity index (χ0v) is 19.6. The van der Waals surface area contributed by atoms with Gasteiger partial charge in [0.2, 0.25) is 0 Å². The summed E-state index contributed by atoms with van der Waals surface area (Å²) in [6, 6.07) is 7.27. The monoisotopic (exact) mass is 449 g/mol. The first kappa shape index (κ1) is 27.5. The van der Waals surface area contributed by atoms with Crippen molar-refractivity contribution in [3.63, 3.8) is 0 Å². The van der Waals surface area contributed by atoms with Crippen molar-refractivity contribution in [1.82, 2.24) is 4.90 Å². The molecule has 1 N–H and O–H groups in total. The van der Waals surface area contributed by atoms with E-state index in [0.29, 0.717) is 51.5 Å². The average molecular weight is 450 g/mol. The number of hydrogen-bond acceptors (Lipinski definition) is 5. The number of benzene rings is 1. The van der Waals surface area contributed by atoms with Crippen molar-refractivity contribution in [2.24, 2.45) is 0 Å². The van der Waals surface area contributed by atoms with Crippen LogP contribution in [0.4, 0.5) is 4.79 Å². The van der Waals surface area contributed by atoms with Crippen molar-refractivity contribution < 1.29 is 28.9 Å². The van der Waals surface area contributed by atoms with Gasteiger partial charge in [0.1, 0.15) is 12.4 Å². The molecule has 1 amide bonds. The molecule has 32 heavy (non-hydrogen) atoms. The van der Waals surface area contributed by atoms with Gasteiger partial charge in [-0.2, -0.15) is 0 Å². The summed E-state index contributed by atoms with van der Waals surface area (Å²) in [6.45, 7) is 9.71. The zero-order valence-electron chi connectivity index (χ0n) is 19.6. The molecule has 0 aliphatic carbocycles. The lowest BCUT2D eigenvalue weighted by atomic mass is 10.1. The molecule has 0 aliphatic rings. The van der Waals surface area contributed by atoms with Crippen molar-refractivity contribution in [3.8, 4) is 5.75 Å². The molecule has 1 unspecified atom stereocenters. The Balaban J connectivity index is 2.52. The van der Waals surface area contributed by atoms with Gasteiger partial charge in [-0.25, -0.2) is 9.59 Å². The highest BCUT2D eigenvalue weighted by Crippen LogP contribution is 2.15. The normalized spacial score (nSPS) is 11.6. The van der Waals surface area contributed by atoms with Crippen LogP contribution < -0.4 is 4.74 Å². The summed E-state index contributed by atoms with van der Waals surface area (Å²) in [5.74, 6) is -0.304. The summed E-state index contributed by atoms with van der Waals surface area (Å²) in [4.78, 5) is 25.3. The van der Waals surface area contributed by atoms with Gasteiger partial charge < -0.3 is 24.2 Å². The molecular weight excluding hydrogens is 410 g/mol. The highest BCUT2D eigenvalue weighted by atomic mass is 16.6. The third-order valence-electron chi connectivity index (χ3n) is 4.95. The number of rotatable bonds is 18. The van der Waals surface area contributed by atoms with Crippen LogP contribution in [0.25, 0.3) is 0 Å². The maximum absolute atomic E-state index is 12.4. The van der Waals surface area contributed by atoms with Gasteiger partial charge in [0.05, 0.1) is 13.2 Å². The molecule has 0 radical (unpaired) electrons. The molecule has 1 aromatic rings. The Bertz CT molecular complexity index is 661. The fourth-order valence-corrected chi connectivity index (χ4v) is 3.15. The molecule has 0 spiro atoms. The van der Waals surface area contributed by atoms with Crippen LogP contribution in [0.15, 0.2) is 36.9 Å². The van der Waals surface area contributed by atoms with E-state index in [9.17, 15) is 14.7 Å². The number of carbonyl (C=O) groups is 2. The number of unbranched alkanes of at least 4 members (excludes halogenated alkanes) is 4. The number of carbonyl (C=O) groups excluding carboxylic acids is 1. The van der Waals surface area contributed by atoms with Gasteiger partial charge in [-0.05, 0) is 37.5 Å². The highest BCUT2D eigenvalue weighted by molar-refractivity contribution is 5.72. The van der Waals surface area contributed by atoms with E-state index in [4.69, 9.17) is 14.2 Å². The molecule has 0 saturated heterocycles. The minimum Gasteiger partial charge on any atom is -0.492 e. The molecule has 0 aromatic heterocycles. The van der Waals surface area contributed by atoms with Crippen molar-refractivity contribution in [2.45, 2.75) is 64.9 Å². The van der Waals surface area contributed by atoms with E-state index in [1.807, 2.05) is 12.1 Å². The topological polar surface area (TPSA) is 85.3 Å². The van der Waals surface area contributed by atoms with Crippen LogP contribution in [-0.4, -0.2) is 61.1 Å². The third-order valence-corrected chi connectivity index (χ3v) is 4.95. The molecule has 0 saturated carbocycles. The van der Waals surface area contributed by atoms with Crippen LogP contribution in [0, 0.1) is 0 Å². The second-order valence-electron chi connectivity index (χ2n) is 7.57. The van der Waals surface area contributed by atoms with Crippen LogP contribution in [0.3, 0.4) is 0 Å². The first-order valence-corrected chi connectivity index (χ1v) is 11.6. The van der Waals surface area contributed by atoms with Crippen molar-refractivity contribution in [3.05, 3.63) is 42.5 Å². The van der Waals surface area contributed by atoms with Gasteiger partial charge in [-0.3, -0.25) is 0 Å². The Labute approximate surface area is 192 Å². The maximum atomic E-state index is 12.4. The highest BCUT2D eigenvalue weighted by Gasteiger charge is 2.18. The fraction of sp³-hybridized carbons (Fsp3) is 0.600. The van der Waals surface area contributed by atoms with Crippen LogP contribution in [0.5, 0.6) is 5.75 Å². The Kier molecular flexibility index (Phi) is 14.7. The molecule has 0 aliphatic heterocycles. The standard InChI is InChI=1S/C25H39NO6/c1-4-7-9-10-11-16-26(25(29)32-18-8-5-2)17-19-31-22-14-12-21(13-15-22)20-23(24(27)28)30-6-3/h5,12-15,23H,2,4,6-11,16-20H2,1,3H3,(H,27,28). The molecule has 1 aromatic carbocycles. The quantitative estimate of drug-likeness (QED) is 0.248. The molecule has 0 fully saturated rings. The molecule has 1 rings (SSSR count). The smallest absolute Gasteiger partial charge is 0.409 e. The van der Waals surface area contributed by atoms with Crippen molar-refractivity contribution >= 4 is 12.1 Å². The van der Waals surface area contributed by atoms with Gasteiger partial charge in [-0.15, -0.1) is 6.58 Å². The van der Waals surface area contributed by atoms with E-state index in [0.717, 1.165) is 18.4 Å². The lowest BCUT2D eigenvalue weighted by molar-refractivity contribution is -0.149. The summed E-state index contributed by atoms with van der Waals surface area (Å²) in [5, 5.41) is 9.21. The Morgan fingerprint density at radius 3 is 2.41 bits per heavy atom. The Hall–Kier alpha value is -2.54. The van der Waals surface area contributed by atoms with E-state index in [1.54, 1.807) is 30.0 Å². The first-order chi connectivity index (χ1) is 15.5. The maximum Gasteiger partial charge on any atom is 0.409 e. The summed E-state index contributed by atoms with van der Waals surface area (Å²) in [7, 11) is 0. The van der Waals surface area contributed by atoms with E-state index in [1.165, 1.54) is 19.3 Å². The SMILES string of the molecule is C=CCCOC(=O)N(CCCCCCC)CCOc1ccc(CC(OCC)C(=O)O)cc1. The molecule has 0 heterocycles. The predicted molar refractivity (Wildman–Crippen MR) is 125 cm³/mol. The van der Waals surface area contributed by atoms with Gasteiger partial charge in [0.25, 0.3) is 0 Å². The number of ether oxygens (including phenoxy) is 3. The molecule has 1 atom stereocenters. The van der Waals surface area contributed by atoms with Crippen LogP contribution >= 0.6 is 0 Å². The number of carboxylic acid groups (broad SMARTS) is 1. The summed E-state index contributed by atoms with van der Waals surface area (Å²) in [5.41, 5.74) is 0.859. The lowest BCUT2D eigenvalue weighted by Gasteiger charge is -2.22. The van der Waals surface area contributed by atoms with Crippen LogP contribution in [-0.2, 0) is 20.7 Å². The van der Waals surface area contributed by atoms with Gasteiger partial charge in [0, 0.05) is 19.6 Å². The van der Waals surface area contributed by atoms with Crippen LogP contribution in [0.2, 0.25) is 0 Å². The van der Waals surface area contributed by atoms with Gasteiger partial charge in [0.15, 0.2) is 6.10 Å². The minimum absolute atomic E-state index is 0.297. The Morgan fingerprint density at radius 2 is 1.78 bits per heavy atom. The number of carboxylic acids is 1. The van der Waals surface area contributed by atoms with Crippen LogP contribution in [0.1, 0.15) is 57.9 Å². The van der Waals surface area contributed by atoms with E-state index in [2.05, 4.69) is 13.5 Å². The average Bonchev–Trinajstić information content (AvgIpc) is 2.78. The summed E-state index contributed by atoms with van der Waals surface area (Å²) in [6.07, 6.45) is 7.07. The molecule has 7 nitrogen and oxygen atoms in total. The summed E-state index contributed by atoms with van der Waals surface area (Å²) >= 11 is 0. The van der Waals surface area contributed by atoms with E-state index >= 15 is 0 Å². The third kappa shape index (κ3) is 11.7. The largest absolute Gasteiger partial charge is 0.492 e. The lowest BCUT2D eigenvalue weighted by Crippen LogP contribution is -2.36. The number of aliphatic carboxylic acids is 1. The van der Waals surface area contributed by atoms with E-state index < -0.39 is 12.1 Å². The van der Waals surface area contributed by atoms with Crippen molar-refractivity contribution in [1.29, 1.82) is 0 Å². The van der Waals surface area contributed by atoms with Crippen molar-refractivity contribution in [2.75, 3.05) is 32.9 Å². The summed E-state index contributed by atoms with van der Waals surface area (Å²) < 4.78 is 16.4. The molecule has 0 bridgehead atoms. The Morgan fingerprint density at radius 1 is 1.06 bits per heavy atom. The fourth-order valence-electron chi connectivity index (χ4n) is 3.15. The predicted octanol–water partition coefficient (Wildman–Crippen LogP) is 5.08. The second-order valence-corrected chi connectivity index (χ2v) is 7.57. The molecule has 180 valence electrons. The number of hydrogen-bond donors (Lipinski definition) is 1. The zero-order chi connectivity index (χ0) is 23.6. The minimum atomic E-state index is -0.970. The number of amides is 1. The molecular formula is C25H39NO6. The number of nitrogens with zero attached hydrogens (tertiary/aromatic N) is 1. The molecule has 7 heteroatoms. The van der Waals surface area contributed by atoms with Gasteiger partial charge >= 0.3 is 12.1 Å². The first-order valence-electron chi connectivity index (χ1n) is 11.6. The van der Waals surface area contributed by atoms with E-state index in [-0.39, 0.29) is 6.09 Å². The van der Waals surface area contributed by atoms with Gasteiger partial charge in [-0.1, -0.05) is 50.8 Å². The second kappa shape index (κ2) is 17.1.